The topological polar surface area (TPSA) is 117 Å². The maximum Gasteiger partial charge on any atom is 0.331 e. The lowest BCUT2D eigenvalue weighted by Crippen LogP contribution is -2.61. The Hall–Kier alpha value is -1.83. The Morgan fingerprint density at radius 3 is 2.15 bits per heavy atom. The molecule has 8 heteroatoms. The van der Waals surface area contributed by atoms with E-state index in [1.807, 2.05) is 0 Å². The van der Waals surface area contributed by atoms with Crippen molar-refractivity contribution in [3.63, 3.8) is 0 Å². The van der Waals surface area contributed by atoms with Gasteiger partial charge in [0.1, 0.15) is 0 Å². The van der Waals surface area contributed by atoms with Gasteiger partial charge in [0.2, 0.25) is 5.91 Å². The number of amides is 3. The Labute approximate surface area is 159 Å². The van der Waals surface area contributed by atoms with Crippen LogP contribution in [0.5, 0.6) is 0 Å². The lowest BCUT2D eigenvalue weighted by molar-refractivity contribution is -0.149. The maximum atomic E-state index is 12.3. The highest BCUT2D eigenvalue weighted by Crippen LogP contribution is 2.55. The van der Waals surface area contributed by atoms with Crippen molar-refractivity contribution in [2.75, 3.05) is 20.3 Å². The molecular formula is C19H31N3O5. The molecule has 4 aliphatic rings. The number of hydrogen-bond donors (Lipinski definition) is 4. The fourth-order valence-corrected chi connectivity index (χ4v) is 5.65. The fraction of sp³-hybridized carbons (Fsp3) is 0.842. The third kappa shape index (κ3) is 4.54. The van der Waals surface area contributed by atoms with E-state index in [0.29, 0.717) is 0 Å². The van der Waals surface area contributed by atoms with Crippen LogP contribution in [-0.2, 0) is 14.3 Å². The van der Waals surface area contributed by atoms with Crippen LogP contribution in [-0.4, -0.2) is 54.4 Å². The van der Waals surface area contributed by atoms with Crippen LogP contribution < -0.4 is 16.0 Å². The van der Waals surface area contributed by atoms with Gasteiger partial charge in [0.25, 0.3) is 0 Å². The summed E-state index contributed by atoms with van der Waals surface area (Å²) < 4.78 is 4.87. The molecule has 4 N–H and O–H groups in total. The van der Waals surface area contributed by atoms with Crippen LogP contribution >= 0.6 is 0 Å². The molecule has 0 spiro atoms. The quantitative estimate of drug-likeness (QED) is 0.505. The first-order valence-electron chi connectivity index (χ1n) is 9.83. The van der Waals surface area contributed by atoms with Gasteiger partial charge in [-0.05, 0) is 63.2 Å². The molecule has 4 fully saturated rings. The monoisotopic (exact) mass is 381 g/mol. The van der Waals surface area contributed by atoms with Crippen molar-refractivity contribution in [3.05, 3.63) is 0 Å². The van der Waals surface area contributed by atoms with Crippen molar-refractivity contribution >= 4 is 17.9 Å². The van der Waals surface area contributed by atoms with E-state index in [4.69, 9.17) is 4.74 Å². The molecular weight excluding hydrogens is 350 g/mol. The minimum Gasteiger partial charge on any atom is -0.479 e. The molecule has 0 aromatic rings. The van der Waals surface area contributed by atoms with Crippen molar-refractivity contribution < 1.29 is 24.2 Å². The van der Waals surface area contributed by atoms with E-state index in [2.05, 4.69) is 16.0 Å². The highest BCUT2D eigenvalue weighted by molar-refractivity contribution is 5.87. The van der Waals surface area contributed by atoms with Crippen LogP contribution in [0.4, 0.5) is 4.79 Å². The summed E-state index contributed by atoms with van der Waals surface area (Å²) in [5.41, 5.74) is -1.55. The second-order valence-electron chi connectivity index (χ2n) is 8.95. The molecule has 4 aliphatic carbocycles. The van der Waals surface area contributed by atoms with E-state index >= 15 is 0 Å². The van der Waals surface area contributed by atoms with E-state index in [0.717, 1.165) is 37.0 Å². The molecule has 3 amide bonds. The Morgan fingerprint density at radius 1 is 1.11 bits per heavy atom. The van der Waals surface area contributed by atoms with Crippen molar-refractivity contribution in [3.8, 4) is 0 Å². The first-order chi connectivity index (χ1) is 12.7. The highest BCUT2D eigenvalue weighted by Gasteiger charge is 2.51. The van der Waals surface area contributed by atoms with Crippen LogP contribution in [0.15, 0.2) is 0 Å². The van der Waals surface area contributed by atoms with E-state index in [-0.39, 0.29) is 31.1 Å². The molecule has 0 saturated heterocycles. The Morgan fingerprint density at radius 2 is 1.67 bits per heavy atom. The summed E-state index contributed by atoms with van der Waals surface area (Å²) in [6.07, 6.45) is 7.16. The molecule has 0 heterocycles. The minimum atomic E-state index is -1.48. The highest BCUT2D eigenvalue weighted by atomic mass is 16.5. The Bertz CT molecular complexity index is 573. The third-order valence-electron chi connectivity index (χ3n) is 6.37. The zero-order valence-electron chi connectivity index (χ0n) is 16.2. The molecule has 4 bridgehead atoms. The number of carboxylic acid groups (broad SMARTS) is 1. The van der Waals surface area contributed by atoms with E-state index in [1.54, 1.807) is 0 Å². The zero-order valence-corrected chi connectivity index (χ0v) is 16.2. The zero-order chi connectivity index (χ0) is 19.7. The second kappa shape index (κ2) is 7.66. The Balaban J connectivity index is 1.42. The number of carbonyl (C=O) groups is 3. The summed E-state index contributed by atoms with van der Waals surface area (Å²) in [6.45, 7) is 1.42. The third-order valence-corrected chi connectivity index (χ3v) is 6.37. The van der Waals surface area contributed by atoms with Gasteiger partial charge >= 0.3 is 12.0 Å². The average Bonchev–Trinajstić information content (AvgIpc) is 2.52. The molecule has 1 atom stereocenters. The number of methoxy groups -OCH3 is 1. The van der Waals surface area contributed by atoms with Crippen LogP contribution in [0.3, 0.4) is 0 Å². The summed E-state index contributed by atoms with van der Waals surface area (Å²) >= 11 is 0. The van der Waals surface area contributed by atoms with Crippen molar-refractivity contribution in [1.29, 1.82) is 0 Å². The summed E-state index contributed by atoms with van der Waals surface area (Å²) in [4.78, 5) is 35.7. The van der Waals surface area contributed by atoms with Crippen LogP contribution in [0.25, 0.3) is 0 Å². The number of rotatable bonds is 8. The smallest absolute Gasteiger partial charge is 0.331 e. The standard InChI is InChI=1S/C19H31N3O5/c1-18(11-27-2,16(24)25)21-15(23)3-4-20-17(26)22-19-8-12-5-13(9-19)7-14(6-12)10-19/h12-14H,3-11H2,1-2H3,(H,21,23)(H,24,25)(H2,20,22,26). The molecule has 0 aromatic heterocycles. The van der Waals surface area contributed by atoms with Crippen molar-refractivity contribution in [2.24, 2.45) is 17.8 Å². The summed E-state index contributed by atoms with van der Waals surface area (Å²) in [6, 6.07) is -0.234. The van der Waals surface area contributed by atoms with Gasteiger partial charge in [-0.3, -0.25) is 4.79 Å². The van der Waals surface area contributed by atoms with Gasteiger partial charge < -0.3 is 25.8 Å². The molecule has 0 aromatic carbocycles. The molecule has 0 aliphatic heterocycles. The van der Waals surface area contributed by atoms with Gasteiger partial charge in [-0.15, -0.1) is 0 Å². The predicted octanol–water partition coefficient (Wildman–Crippen LogP) is 1.25. The van der Waals surface area contributed by atoms with Gasteiger partial charge in [0.15, 0.2) is 5.54 Å². The first-order valence-corrected chi connectivity index (χ1v) is 9.83. The van der Waals surface area contributed by atoms with E-state index < -0.39 is 17.4 Å². The molecule has 27 heavy (non-hydrogen) atoms. The number of urea groups is 1. The fourth-order valence-electron chi connectivity index (χ4n) is 5.65. The number of carboxylic acids is 1. The van der Waals surface area contributed by atoms with Gasteiger partial charge in [0.05, 0.1) is 6.61 Å². The molecule has 152 valence electrons. The summed E-state index contributed by atoms with van der Waals surface area (Å²) in [5.74, 6) is 0.641. The molecule has 4 saturated carbocycles. The first kappa shape index (κ1) is 19.9. The average molecular weight is 381 g/mol. The lowest BCUT2D eigenvalue weighted by Gasteiger charge is -2.56. The second-order valence-corrected chi connectivity index (χ2v) is 8.95. The largest absolute Gasteiger partial charge is 0.479 e. The number of aliphatic carboxylic acids is 1. The molecule has 1 unspecified atom stereocenters. The van der Waals surface area contributed by atoms with Gasteiger partial charge in [-0.25, -0.2) is 9.59 Å². The van der Waals surface area contributed by atoms with Crippen LogP contribution in [0.1, 0.15) is 51.9 Å². The molecule has 4 rings (SSSR count). The molecule has 8 nitrogen and oxygen atoms in total. The minimum absolute atomic E-state index is 0.0148. The molecule has 0 radical (unpaired) electrons. The van der Waals surface area contributed by atoms with Crippen LogP contribution in [0.2, 0.25) is 0 Å². The van der Waals surface area contributed by atoms with E-state index in [9.17, 15) is 19.5 Å². The van der Waals surface area contributed by atoms with Crippen LogP contribution in [0, 0.1) is 17.8 Å². The summed E-state index contributed by atoms with van der Waals surface area (Å²) in [5, 5.41) is 17.6. The van der Waals surface area contributed by atoms with Gasteiger partial charge in [-0.2, -0.15) is 0 Å². The maximum absolute atomic E-state index is 12.3. The van der Waals surface area contributed by atoms with Crippen molar-refractivity contribution in [1.82, 2.24) is 16.0 Å². The normalized spacial score (nSPS) is 33.2. The summed E-state index contributed by atoms with van der Waals surface area (Å²) in [7, 11) is 1.38. The lowest BCUT2D eigenvalue weighted by atomic mass is 9.53. The number of ether oxygens (including phenoxy) is 1. The van der Waals surface area contributed by atoms with Crippen molar-refractivity contribution in [2.45, 2.75) is 62.9 Å². The number of nitrogens with one attached hydrogen (secondary N) is 3. The van der Waals surface area contributed by atoms with Gasteiger partial charge in [-0.1, -0.05) is 0 Å². The van der Waals surface area contributed by atoms with E-state index in [1.165, 1.54) is 33.3 Å². The Kier molecular flexibility index (Phi) is 5.65. The number of hydrogen-bond acceptors (Lipinski definition) is 4. The SMILES string of the molecule is COCC(C)(NC(=O)CCNC(=O)NC12CC3CC(CC(C3)C1)C2)C(=O)O. The number of carbonyl (C=O) groups excluding carboxylic acids is 2. The van der Waals surface area contributed by atoms with Gasteiger partial charge in [0, 0.05) is 25.6 Å². The predicted molar refractivity (Wildman–Crippen MR) is 98.1 cm³/mol.